The first-order chi connectivity index (χ1) is 47.8. The van der Waals surface area contributed by atoms with E-state index in [0.717, 1.165) is 176 Å². The summed E-state index contributed by atoms with van der Waals surface area (Å²) in [5.41, 5.74) is 32.3. The summed E-state index contributed by atoms with van der Waals surface area (Å²) in [6.45, 7) is 6.19. The van der Waals surface area contributed by atoms with E-state index >= 15 is 0 Å². The summed E-state index contributed by atoms with van der Waals surface area (Å²) in [7, 11) is 0. The Morgan fingerprint density at radius 3 is 1.23 bits per heavy atom. The molecule has 0 saturated heterocycles. The number of hydrogen-bond acceptors (Lipinski definition) is 18. The number of nitrogens with zero attached hydrogens (tertiary/aromatic N) is 13. The number of nitrogens with two attached hydrogens (primary N) is 4. The fourth-order valence-corrected chi connectivity index (χ4v) is 14.7. The molecule has 8 atom stereocenters. The molecule has 0 bridgehead atoms. The van der Waals surface area contributed by atoms with Crippen LogP contribution < -0.4 is 54.4 Å². The molecule has 0 aliphatic heterocycles. The summed E-state index contributed by atoms with van der Waals surface area (Å²) < 4.78 is 7.40. The monoisotopic (exact) mass is 1620 g/mol. The summed E-state index contributed by atoms with van der Waals surface area (Å²) in [5.74, 6) is 5.61. The van der Waals surface area contributed by atoms with Crippen molar-refractivity contribution in [1.29, 1.82) is 0 Å². The van der Waals surface area contributed by atoms with Crippen LogP contribution in [0.3, 0.4) is 0 Å². The predicted molar refractivity (Wildman–Crippen MR) is 481 cm³/mol. The third-order valence-corrected chi connectivity index (χ3v) is 19.5. The molecule has 32 heteroatoms. The van der Waals surface area contributed by atoms with E-state index in [9.17, 15) is 0 Å². The Bertz CT molecular complexity index is 4900. The minimum absolute atomic E-state index is 0. The number of aromatic nitrogens is 12. The number of fused-ring (bicyclic) bond motifs is 6. The van der Waals surface area contributed by atoms with Crippen LogP contribution in [0.4, 0.5) is 40.6 Å². The van der Waals surface area contributed by atoms with E-state index in [-0.39, 0.29) is 120 Å². The van der Waals surface area contributed by atoms with Crippen molar-refractivity contribution < 1.29 is 0 Å². The molecule has 13 N–H and O–H groups in total. The topological polar surface area (TPSA) is 288 Å². The lowest BCUT2D eigenvalue weighted by molar-refractivity contribution is 0.684. The highest BCUT2D eigenvalue weighted by atomic mass is 35.5. The van der Waals surface area contributed by atoms with E-state index in [0.29, 0.717) is 46.3 Å². The molecule has 0 spiro atoms. The van der Waals surface area contributed by atoms with Crippen molar-refractivity contribution in [2.75, 3.05) is 44.6 Å². The molecular weight excluding hydrogens is 1520 g/mol. The zero-order valence-corrected chi connectivity index (χ0v) is 68.7. The minimum atomic E-state index is 0. The van der Waals surface area contributed by atoms with Crippen LogP contribution in [-0.4, -0.2) is 120 Å². The van der Waals surface area contributed by atoms with E-state index in [1.807, 2.05) is 62.1 Å². The van der Waals surface area contributed by atoms with Crippen molar-refractivity contribution in [2.24, 2.45) is 22.9 Å². The van der Waals surface area contributed by atoms with Crippen molar-refractivity contribution in [3.63, 3.8) is 0 Å². The molecule has 22 nitrogen and oxygen atoms in total. The number of benzene rings is 5. The smallest absolute Gasteiger partial charge is 0.159 e. The summed E-state index contributed by atoms with van der Waals surface area (Å²) in [4.78, 5) is 21.1. The van der Waals surface area contributed by atoms with E-state index in [1.165, 1.54) is 21.5 Å². The second-order valence-corrected chi connectivity index (χ2v) is 27.0. The third-order valence-electron chi connectivity index (χ3n) is 19.1. The molecule has 0 unspecified atom stereocenters. The molecule has 0 radical (unpaired) electrons. The van der Waals surface area contributed by atoms with Crippen LogP contribution in [0.2, 0.25) is 10.0 Å². The van der Waals surface area contributed by atoms with Gasteiger partial charge in [0.1, 0.15) is 34.9 Å². The summed E-state index contributed by atoms with van der Waals surface area (Å²) in [5, 5.41) is 41.4. The van der Waals surface area contributed by atoms with Crippen LogP contribution in [-0.2, 0) is 0 Å². The van der Waals surface area contributed by atoms with E-state index in [1.54, 1.807) is 35.4 Å². The van der Waals surface area contributed by atoms with Crippen LogP contribution in [0, 0.1) is 0 Å². The molecule has 5 aromatic carbocycles. The van der Waals surface area contributed by atoms with Gasteiger partial charge in [0, 0.05) is 142 Å². The van der Waals surface area contributed by atoms with Crippen molar-refractivity contribution in [3.05, 3.63) is 186 Å². The first-order valence-electron chi connectivity index (χ1n) is 34.3. The van der Waals surface area contributed by atoms with Gasteiger partial charge in [-0.3, -0.25) is 0 Å². The highest BCUT2D eigenvalue weighted by Crippen LogP contribution is 2.35. The average Bonchev–Trinajstić information content (AvgIpc) is 1.32. The Morgan fingerprint density at radius 2 is 0.774 bits per heavy atom. The van der Waals surface area contributed by atoms with Crippen LogP contribution in [0.25, 0.3) is 66.6 Å². The van der Waals surface area contributed by atoms with Crippen LogP contribution in [0.15, 0.2) is 176 Å². The van der Waals surface area contributed by atoms with Gasteiger partial charge in [-0.05, 0) is 131 Å². The SMILES string of the molecule is CCN(CC)c1cc(N[C@H]2CC[C@H](N)C2)n2nccc2n1.N[C@H]1CC[C@H](Nc2cc(-c3cc(Cl)cc(Cl)c3)nc3ccnn23)C1.N[C@H]1CC[C@H](Nc2cc(-c3cccc4ccccc34)nc3ccnn23)C1.N[C@H]1CC[C@H](Nc2cc(Nc3cccc4ccccc34)nc3ccnn23)C1.S.S.S.S.S.S.S.S. The highest BCUT2D eigenvalue weighted by molar-refractivity contribution is 7.60. The highest BCUT2D eigenvalue weighted by Gasteiger charge is 2.27. The van der Waals surface area contributed by atoms with Gasteiger partial charge in [0.05, 0.1) is 36.2 Å². The minimum Gasteiger partial charge on any atom is -0.367 e. The van der Waals surface area contributed by atoms with Gasteiger partial charge in [0.15, 0.2) is 22.6 Å². The lowest BCUT2D eigenvalue weighted by atomic mass is 10.0. The summed E-state index contributed by atoms with van der Waals surface area (Å²) in [6.07, 6.45) is 19.7. The number of halogens is 2. The zero-order chi connectivity index (χ0) is 67.2. The number of hydrogen-bond donors (Lipinski definition) is 9. The number of anilines is 7. The maximum absolute atomic E-state index is 6.13. The lowest BCUT2D eigenvalue weighted by Gasteiger charge is -2.22. The van der Waals surface area contributed by atoms with E-state index in [2.05, 4.69) is 173 Å². The van der Waals surface area contributed by atoms with Gasteiger partial charge in [-0.2, -0.15) is 146 Å². The molecule has 8 aromatic heterocycles. The molecule has 8 heterocycles. The fourth-order valence-electron chi connectivity index (χ4n) is 14.2. The van der Waals surface area contributed by atoms with Gasteiger partial charge in [0.2, 0.25) is 0 Å². The predicted octanol–water partition coefficient (Wildman–Crippen LogP) is 14.5. The Kier molecular flexibility index (Phi) is 33.7. The third kappa shape index (κ3) is 20.9. The van der Waals surface area contributed by atoms with Gasteiger partial charge in [-0.15, -0.1) is 0 Å². The molecule has 13 aromatic rings. The molecule has 4 aliphatic carbocycles. The summed E-state index contributed by atoms with van der Waals surface area (Å²) in [6, 6.07) is 53.4. The molecule has 568 valence electrons. The van der Waals surface area contributed by atoms with Crippen LogP contribution in [0.5, 0.6) is 0 Å². The standard InChI is InChI=1S/C21H22N6.C21H21N5.C17H17Cl2N5.C15H24N6.8H2S/c22-15-8-9-16(12-15)24-21-13-19(26-20-10-11-23-27(20)21)25-18-7-3-5-14-4-1-2-6-17(14)18;22-15-8-9-16(12-15)24-21-13-19(25-20-10-11-23-26(20)21)18-7-3-5-14-4-1-2-6-17(14)18;18-11-5-10(6-12(19)7-11)15-9-17(22-14-2-1-13(20)8-14)24-16(23-15)3-4-21-24;1-3-20(4-2)14-10-15(18-12-6-5-11(16)9-12)21-13(19-14)7-8-17-21;;;;;;;;/h1-7,10-11,13,15-16,24H,8-9,12,22H2,(H,25,26);1-7,10-11,13,15-16,24H,8-9,12,22H2;3-7,9,13-14,22H,1-2,8,20H2;7-8,10-12,18H,3-6,9,16H2,1-2H3;8*1H2/t2*15-,16-;13-,14-;11-,12-;;;;;;;;/m0000......../s1. The average molecular weight is 1630 g/mol. The van der Waals surface area contributed by atoms with Crippen molar-refractivity contribution in [3.8, 4) is 22.5 Å². The Hall–Kier alpha value is -6.88. The first-order valence-corrected chi connectivity index (χ1v) is 35.0. The maximum atomic E-state index is 6.13. The second-order valence-electron chi connectivity index (χ2n) is 26.2. The van der Waals surface area contributed by atoms with Gasteiger partial charge in [-0.25, -0.2) is 19.9 Å². The van der Waals surface area contributed by atoms with Crippen molar-refractivity contribution in [2.45, 2.75) is 139 Å². The fraction of sp³-hybridized carbons (Fsp3) is 0.324. The van der Waals surface area contributed by atoms with Gasteiger partial charge in [-0.1, -0.05) is 102 Å². The Labute approximate surface area is 684 Å². The number of nitrogens with one attached hydrogen (secondary N) is 5. The molecule has 106 heavy (non-hydrogen) atoms. The van der Waals surface area contributed by atoms with Gasteiger partial charge >= 0.3 is 0 Å². The van der Waals surface area contributed by atoms with Gasteiger partial charge in [0.25, 0.3) is 0 Å². The van der Waals surface area contributed by atoms with Crippen LogP contribution >= 0.6 is 131 Å². The number of rotatable bonds is 15. The maximum Gasteiger partial charge on any atom is 0.159 e. The Morgan fingerprint density at radius 1 is 0.396 bits per heavy atom. The quantitative estimate of drug-likeness (QED) is 0.0461. The summed E-state index contributed by atoms with van der Waals surface area (Å²) >= 11 is 12.3. The molecule has 4 fully saturated rings. The second kappa shape index (κ2) is 40.5. The first kappa shape index (κ1) is 88.0. The largest absolute Gasteiger partial charge is 0.367 e. The Balaban J connectivity index is 0.000000217. The zero-order valence-electron chi connectivity index (χ0n) is 59.1. The molecule has 0 amide bonds. The normalized spacial score (nSPS) is 18.9. The van der Waals surface area contributed by atoms with Crippen LogP contribution in [0.1, 0.15) is 90.9 Å². The van der Waals surface area contributed by atoms with Crippen molar-refractivity contribution >= 4 is 216 Å². The van der Waals surface area contributed by atoms with Crippen molar-refractivity contribution in [1.82, 2.24) is 58.4 Å². The van der Waals surface area contributed by atoms with Gasteiger partial charge < -0.3 is 54.4 Å². The molecular formula is C74H100Cl2N22S8. The molecule has 4 saturated carbocycles. The molecule has 17 rings (SSSR count). The van der Waals surface area contributed by atoms with E-state index < -0.39 is 0 Å². The van der Waals surface area contributed by atoms with E-state index in [4.69, 9.17) is 56.1 Å². The molecule has 4 aliphatic rings. The lowest BCUT2D eigenvalue weighted by Crippen LogP contribution is -2.25.